The van der Waals surface area contributed by atoms with Crippen LogP contribution in [0.4, 0.5) is 5.69 Å². The van der Waals surface area contributed by atoms with E-state index in [4.69, 9.17) is 10.7 Å². The van der Waals surface area contributed by atoms with Gasteiger partial charge in [0.2, 0.25) is 0 Å². The number of pyridine rings is 1. The molecule has 0 atom stereocenters. The number of hydrogen-bond donors (Lipinski definition) is 1. The minimum Gasteiger partial charge on any atom is -0.398 e. The van der Waals surface area contributed by atoms with Gasteiger partial charge in [0.25, 0.3) is 0 Å². The molecule has 0 saturated carbocycles. The molecule has 24 heavy (non-hydrogen) atoms. The molecule has 4 heteroatoms. The Morgan fingerprint density at radius 1 is 1.08 bits per heavy atom. The molecule has 2 heterocycles. The molecule has 4 nitrogen and oxygen atoms in total. The number of rotatable bonds is 5. The minimum atomic E-state index is 0.757. The molecule has 0 spiro atoms. The van der Waals surface area contributed by atoms with Crippen molar-refractivity contribution in [2.75, 3.05) is 18.8 Å². The van der Waals surface area contributed by atoms with Crippen LogP contribution in [0.3, 0.4) is 0 Å². The molecule has 0 fully saturated rings. The van der Waals surface area contributed by atoms with E-state index in [1.54, 1.807) is 0 Å². The van der Waals surface area contributed by atoms with Crippen LogP contribution >= 0.6 is 0 Å². The molecule has 0 amide bonds. The van der Waals surface area contributed by atoms with Crippen molar-refractivity contribution in [1.82, 2.24) is 14.3 Å². The lowest BCUT2D eigenvalue weighted by atomic mass is 10.0. The average Bonchev–Trinajstić information content (AvgIpc) is 2.90. The molecular weight excluding hydrogens is 296 g/mol. The number of nitrogens with two attached hydrogens (primary N) is 1. The number of hydrogen-bond acceptors (Lipinski definition) is 3. The average molecular weight is 322 g/mol. The summed E-state index contributed by atoms with van der Waals surface area (Å²) in [6.45, 7) is 11.5. The maximum atomic E-state index is 6.02. The Bertz CT molecular complexity index is 859. The van der Waals surface area contributed by atoms with Gasteiger partial charge >= 0.3 is 0 Å². The van der Waals surface area contributed by atoms with Crippen molar-refractivity contribution in [2.45, 2.75) is 34.2 Å². The van der Waals surface area contributed by atoms with Crippen LogP contribution in [-0.2, 0) is 6.54 Å². The molecule has 0 aliphatic heterocycles. The van der Waals surface area contributed by atoms with Gasteiger partial charge in [-0.2, -0.15) is 0 Å². The number of aromatic nitrogens is 2. The van der Waals surface area contributed by atoms with Crippen molar-refractivity contribution in [1.29, 1.82) is 0 Å². The Morgan fingerprint density at radius 2 is 1.83 bits per heavy atom. The Labute approximate surface area is 143 Å². The van der Waals surface area contributed by atoms with E-state index in [-0.39, 0.29) is 0 Å². The Kier molecular flexibility index (Phi) is 4.58. The van der Waals surface area contributed by atoms with Gasteiger partial charge < -0.3 is 10.1 Å². The quantitative estimate of drug-likeness (QED) is 0.771. The van der Waals surface area contributed by atoms with Crippen LogP contribution in [0.5, 0.6) is 0 Å². The van der Waals surface area contributed by atoms with E-state index in [1.807, 2.05) is 18.3 Å². The summed E-state index contributed by atoms with van der Waals surface area (Å²) in [5.41, 5.74) is 13.7. The molecule has 2 N–H and O–H groups in total. The van der Waals surface area contributed by atoms with Crippen LogP contribution < -0.4 is 5.73 Å². The van der Waals surface area contributed by atoms with E-state index in [1.165, 1.54) is 22.4 Å². The highest BCUT2D eigenvalue weighted by Gasteiger charge is 2.17. The second kappa shape index (κ2) is 6.65. The molecule has 0 saturated heterocycles. The van der Waals surface area contributed by atoms with E-state index >= 15 is 0 Å². The summed E-state index contributed by atoms with van der Waals surface area (Å²) in [6, 6.07) is 10.5. The monoisotopic (exact) mass is 322 g/mol. The molecule has 3 rings (SSSR count). The summed E-state index contributed by atoms with van der Waals surface area (Å²) in [5, 5.41) is 0. The van der Waals surface area contributed by atoms with E-state index < -0.39 is 0 Å². The number of imidazole rings is 1. The number of anilines is 1. The third kappa shape index (κ3) is 3.02. The van der Waals surface area contributed by atoms with Crippen molar-refractivity contribution >= 4 is 11.3 Å². The van der Waals surface area contributed by atoms with Gasteiger partial charge in [-0.15, -0.1) is 0 Å². The van der Waals surface area contributed by atoms with Gasteiger partial charge in [0.1, 0.15) is 5.65 Å². The van der Waals surface area contributed by atoms with Crippen molar-refractivity contribution in [3.8, 4) is 11.3 Å². The topological polar surface area (TPSA) is 46.6 Å². The SMILES string of the molecule is CCN(CC)Cc1c(-c2ccc(C)cc2C)nc2ccc(N)cn12. The van der Waals surface area contributed by atoms with Gasteiger partial charge in [-0.25, -0.2) is 4.98 Å². The summed E-state index contributed by atoms with van der Waals surface area (Å²) >= 11 is 0. The number of fused-ring (bicyclic) bond motifs is 1. The van der Waals surface area contributed by atoms with E-state index in [2.05, 4.69) is 55.2 Å². The van der Waals surface area contributed by atoms with Gasteiger partial charge in [0.05, 0.1) is 11.4 Å². The van der Waals surface area contributed by atoms with Crippen LogP contribution in [0.25, 0.3) is 16.9 Å². The highest BCUT2D eigenvalue weighted by Crippen LogP contribution is 2.29. The second-order valence-electron chi connectivity index (χ2n) is 6.38. The molecule has 1 aromatic carbocycles. The van der Waals surface area contributed by atoms with Crippen molar-refractivity contribution in [3.05, 3.63) is 53.3 Å². The predicted molar refractivity (Wildman–Crippen MR) is 101 cm³/mol. The fraction of sp³-hybridized carbons (Fsp3) is 0.350. The first-order valence-electron chi connectivity index (χ1n) is 8.60. The van der Waals surface area contributed by atoms with Crippen LogP contribution in [0.15, 0.2) is 36.5 Å². The molecule has 0 unspecified atom stereocenters. The summed E-state index contributed by atoms with van der Waals surface area (Å²) in [4.78, 5) is 7.32. The number of nitrogen functional groups attached to an aromatic ring is 1. The molecule has 3 aromatic rings. The zero-order chi connectivity index (χ0) is 17.3. The van der Waals surface area contributed by atoms with Gasteiger partial charge in [-0.3, -0.25) is 4.90 Å². The first kappa shape index (κ1) is 16.5. The van der Waals surface area contributed by atoms with Gasteiger partial charge in [0.15, 0.2) is 0 Å². The highest BCUT2D eigenvalue weighted by atomic mass is 15.1. The molecule has 0 aliphatic rings. The summed E-state index contributed by atoms with van der Waals surface area (Å²) in [5.74, 6) is 0. The molecule has 0 aliphatic carbocycles. The van der Waals surface area contributed by atoms with E-state index in [0.717, 1.165) is 36.7 Å². The lowest BCUT2D eigenvalue weighted by Crippen LogP contribution is -2.23. The fourth-order valence-corrected chi connectivity index (χ4v) is 3.21. The smallest absolute Gasteiger partial charge is 0.137 e. The van der Waals surface area contributed by atoms with E-state index in [9.17, 15) is 0 Å². The summed E-state index contributed by atoms with van der Waals surface area (Å²) < 4.78 is 2.14. The first-order chi connectivity index (χ1) is 11.5. The lowest BCUT2D eigenvalue weighted by Gasteiger charge is -2.19. The van der Waals surface area contributed by atoms with Crippen LogP contribution in [0.1, 0.15) is 30.7 Å². The maximum Gasteiger partial charge on any atom is 0.137 e. The summed E-state index contributed by atoms with van der Waals surface area (Å²) in [6.07, 6.45) is 1.98. The van der Waals surface area contributed by atoms with E-state index in [0.29, 0.717) is 0 Å². The fourth-order valence-electron chi connectivity index (χ4n) is 3.21. The zero-order valence-corrected chi connectivity index (χ0v) is 15.0. The number of aryl methyl sites for hydroxylation is 2. The normalized spacial score (nSPS) is 11.5. The van der Waals surface area contributed by atoms with Crippen molar-refractivity contribution in [3.63, 3.8) is 0 Å². The minimum absolute atomic E-state index is 0.757. The third-order valence-electron chi connectivity index (χ3n) is 4.65. The molecule has 0 bridgehead atoms. The van der Waals surface area contributed by atoms with Crippen LogP contribution in [0.2, 0.25) is 0 Å². The Balaban J connectivity index is 2.22. The molecule has 126 valence electrons. The standard InChI is InChI=1S/C20H26N4/c1-5-23(6-2)13-18-20(17-9-7-14(3)11-15(17)4)22-19-10-8-16(21)12-24(18)19/h7-12H,5-6,13,21H2,1-4H3. The third-order valence-corrected chi connectivity index (χ3v) is 4.65. The zero-order valence-electron chi connectivity index (χ0n) is 15.0. The maximum absolute atomic E-state index is 6.02. The number of nitrogens with zero attached hydrogens (tertiary/aromatic N) is 3. The van der Waals surface area contributed by atoms with Crippen LogP contribution in [0, 0.1) is 13.8 Å². The number of benzene rings is 1. The first-order valence-corrected chi connectivity index (χ1v) is 8.60. The molecular formula is C20H26N4. The second-order valence-corrected chi connectivity index (χ2v) is 6.38. The largest absolute Gasteiger partial charge is 0.398 e. The Morgan fingerprint density at radius 3 is 2.50 bits per heavy atom. The van der Waals surface area contributed by atoms with Crippen LogP contribution in [-0.4, -0.2) is 27.4 Å². The van der Waals surface area contributed by atoms with Crippen molar-refractivity contribution < 1.29 is 0 Å². The lowest BCUT2D eigenvalue weighted by molar-refractivity contribution is 0.292. The van der Waals surface area contributed by atoms with Gasteiger partial charge in [-0.1, -0.05) is 37.6 Å². The molecule has 2 aromatic heterocycles. The van der Waals surface area contributed by atoms with Crippen molar-refractivity contribution in [2.24, 2.45) is 0 Å². The van der Waals surface area contributed by atoms with Gasteiger partial charge in [-0.05, 0) is 44.6 Å². The predicted octanol–water partition coefficient (Wildman–Crippen LogP) is 4.04. The molecule has 0 radical (unpaired) electrons. The highest BCUT2D eigenvalue weighted by molar-refractivity contribution is 5.70. The Hall–Kier alpha value is -2.33. The van der Waals surface area contributed by atoms with Gasteiger partial charge in [0, 0.05) is 24.0 Å². The summed E-state index contributed by atoms with van der Waals surface area (Å²) in [7, 11) is 0.